The molecule has 3 N–H and O–H groups in total. The van der Waals surface area contributed by atoms with Crippen LogP contribution in [0.4, 0.5) is 0 Å². The lowest BCUT2D eigenvalue weighted by molar-refractivity contribution is 0.0257. The van der Waals surface area contributed by atoms with Crippen LogP contribution in [0.1, 0.15) is 52.1 Å². The molecule has 0 atom stereocenters. The number of benzene rings is 1. The van der Waals surface area contributed by atoms with Crippen LogP contribution in [0.5, 0.6) is 0 Å². The number of fused-ring (bicyclic) bond motifs is 1. The summed E-state index contributed by atoms with van der Waals surface area (Å²) < 4.78 is 0. The van der Waals surface area contributed by atoms with E-state index in [-0.39, 0.29) is 24.0 Å². The normalized spacial score (nSPS) is 11.9. The third kappa shape index (κ3) is 7.25. The molecule has 27 heavy (non-hydrogen) atoms. The van der Waals surface area contributed by atoms with E-state index in [9.17, 15) is 5.11 Å². The van der Waals surface area contributed by atoms with Gasteiger partial charge < -0.3 is 15.7 Å². The second-order valence-electron chi connectivity index (χ2n) is 6.75. The molecule has 0 amide bonds. The van der Waals surface area contributed by atoms with Crippen LogP contribution in [0.25, 0.3) is 10.8 Å². The third-order valence-electron chi connectivity index (χ3n) is 4.50. The topological polar surface area (TPSA) is 69.5 Å². The fourth-order valence-electron chi connectivity index (χ4n) is 3.28. The van der Waals surface area contributed by atoms with Gasteiger partial charge in [-0.05, 0) is 31.2 Å². The highest BCUT2D eigenvalue weighted by Crippen LogP contribution is 2.19. The molecule has 1 heterocycles. The van der Waals surface area contributed by atoms with E-state index in [1.165, 1.54) is 5.39 Å². The second-order valence-corrected chi connectivity index (χ2v) is 6.75. The summed E-state index contributed by atoms with van der Waals surface area (Å²) in [7, 11) is 0. The van der Waals surface area contributed by atoms with Gasteiger partial charge in [0.2, 0.25) is 0 Å². The smallest absolute Gasteiger partial charge is 0.191 e. The molecule has 0 bridgehead atoms. The summed E-state index contributed by atoms with van der Waals surface area (Å²) in [5, 5.41) is 19.7. The van der Waals surface area contributed by atoms with Crippen LogP contribution < -0.4 is 10.6 Å². The van der Waals surface area contributed by atoms with Crippen molar-refractivity contribution in [2.45, 2.75) is 58.6 Å². The number of guanidine groups is 1. The Labute approximate surface area is 180 Å². The second kappa shape index (κ2) is 12.1. The van der Waals surface area contributed by atoms with Crippen LogP contribution in [0.15, 0.2) is 41.5 Å². The summed E-state index contributed by atoms with van der Waals surface area (Å²) in [6.07, 6.45) is 5.34. The maximum Gasteiger partial charge on any atom is 0.191 e. The zero-order valence-corrected chi connectivity index (χ0v) is 19.0. The van der Waals surface area contributed by atoms with Gasteiger partial charge in [-0.15, -0.1) is 24.0 Å². The lowest BCUT2D eigenvalue weighted by atomic mass is 9.93. The molecule has 2 aromatic rings. The lowest BCUT2D eigenvalue weighted by Crippen LogP contribution is -2.47. The molecular weight excluding hydrogens is 451 g/mol. The van der Waals surface area contributed by atoms with E-state index in [2.05, 4.69) is 46.6 Å². The van der Waals surface area contributed by atoms with Crippen LogP contribution in [0.3, 0.4) is 0 Å². The molecule has 0 unspecified atom stereocenters. The largest absolute Gasteiger partial charge is 0.388 e. The number of rotatable bonds is 9. The highest BCUT2D eigenvalue weighted by molar-refractivity contribution is 14.0. The first-order valence-electron chi connectivity index (χ1n) is 9.69. The Bertz CT molecular complexity index is 709. The Morgan fingerprint density at radius 1 is 1.07 bits per heavy atom. The number of aromatic nitrogens is 1. The Hall–Kier alpha value is -1.41. The van der Waals surface area contributed by atoms with Gasteiger partial charge in [0.25, 0.3) is 0 Å². The highest BCUT2D eigenvalue weighted by atomic mass is 127. The van der Waals surface area contributed by atoms with Gasteiger partial charge in [-0.2, -0.15) is 0 Å². The minimum absolute atomic E-state index is 0. The first-order valence-corrected chi connectivity index (χ1v) is 9.69. The van der Waals surface area contributed by atoms with E-state index in [1.54, 1.807) is 0 Å². The van der Waals surface area contributed by atoms with Crippen LogP contribution in [-0.4, -0.2) is 34.7 Å². The number of halogens is 1. The molecule has 0 saturated carbocycles. The summed E-state index contributed by atoms with van der Waals surface area (Å²) in [6.45, 7) is 8.02. The van der Waals surface area contributed by atoms with E-state index in [1.807, 2.05) is 31.3 Å². The molecule has 1 aromatic heterocycles. The number of nitrogens with zero attached hydrogens (tertiary/aromatic N) is 2. The maximum absolute atomic E-state index is 10.8. The van der Waals surface area contributed by atoms with Crippen molar-refractivity contribution in [3.63, 3.8) is 0 Å². The van der Waals surface area contributed by atoms with Gasteiger partial charge >= 0.3 is 0 Å². The minimum Gasteiger partial charge on any atom is -0.388 e. The van der Waals surface area contributed by atoms with Gasteiger partial charge in [0.05, 0.1) is 17.8 Å². The van der Waals surface area contributed by atoms with Gasteiger partial charge in [-0.25, -0.2) is 4.99 Å². The summed E-state index contributed by atoms with van der Waals surface area (Å²) >= 11 is 0. The zero-order chi connectivity index (χ0) is 18.8. The van der Waals surface area contributed by atoms with Crippen molar-refractivity contribution < 1.29 is 5.11 Å². The Balaban J connectivity index is 0.00000364. The molecule has 2 rings (SSSR count). The summed E-state index contributed by atoms with van der Waals surface area (Å²) in [4.78, 5) is 9.17. The van der Waals surface area contributed by atoms with Crippen molar-refractivity contribution in [2.75, 3.05) is 13.1 Å². The minimum atomic E-state index is -0.683. The highest BCUT2D eigenvalue weighted by Gasteiger charge is 2.24. The van der Waals surface area contributed by atoms with Crippen LogP contribution >= 0.6 is 24.0 Å². The van der Waals surface area contributed by atoms with Crippen molar-refractivity contribution in [1.29, 1.82) is 0 Å². The van der Waals surface area contributed by atoms with E-state index in [4.69, 9.17) is 0 Å². The molecule has 5 nitrogen and oxygen atoms in total. The van der Waals surface area contributed by atoms with Gasteiger partial charge in [0, 0.05) is 24.7 Å². The average molecular weight is 484 g/mol. The van der Waals surface area contributed by atoms with Gasteiger partial charge in [0.1, 0.15) is 0 Å². The summed E-state index contributed by atoms with van der Waals surface area (Å²) in [5.41, 5.74) is 0.273. The first kappa shape index (κ1) is 23.6. The number of aliphatic hydroxyl groups is 1. The van der Waals surface area contributed by atoms with Crippen molar-refractivity contribution >= 4 is 40.7 Å². The monoisotopic (exact) mass is 484 g/mol. The molecule has 150 valence electrons. The molecule has 0 saturated heterocycles. The van der Waals surface area contributed by atoms with Crippen molar-refractivity contribution in [3.05, 3.63) is 42.2 Å². The molecule has 0 spiro atoms. The number of pyridine rings is 1. The Morgan fingerprint density at radius 3 is 2.44 bits per heavy atom. The van der Waals surface area contributed by atoms with Crippen LogP contribution in [0, 0.1) is 0 Å². The number of nitrogens with one attached hydrogen (secondary N) is 2. The maximum atomic E-state index is 10.8. The molecule has 0 aliphatic carbocycles. The first-order chi connectivity index (χ1) is 12.6. The van der Waals surface area contributed by atoms with Gasteiger partial charge in [-0.1, -0.05) is 51.0 Å². The van der Waals surface area contributed by atoms with E-state index in [0.29, 0.717) is 19.0 Å². The quantitative estimate of drug-likeness (QED) is 0.283. The number of hydrogen-bond acceptors (Lipinski definition) is 3. The van der Waals surface area contributed by atoms with Crippen molar-refractivity contribution in [2.24, 2.45) is 4.99 Å². The summed E-state index contributed by atoms with van der Waals surface area (Å²) in [5.74, 6) is 0.716. The predicted molar refractivity (Wildman–Crippen MR) is 125 cm³/mol. The van der Waals surface area contributed by atoms with Crippen LogP contribution in [0.2, 0.25) is 0 Å². The lowest BCUT2D eigenvalue weighted by Gasteiger charge is -2.28. The van der Waals surface area contributed by atoms with Gasteiger partial charge in [-0.3, -0.25) is 4.98 Å². The van der Waals surface area contributed by atoms with Crippen molar-refractivity contribution in [1.82, 2.24) is 15.6 Å². The zero-order valence-electron chi connectivity index (χ0n) is 16.7. The number of hydrogen-bond donors (Lipinski definition) is 3. The van der Waals surface area contributed by atoms with Crippen molar-refractivity contribution in [3.8, 4) is 0 Å². The van der Waals surface area contributed by atoms with E-state index in [0.717, 1.165) is 43.3 Å². The van der Waals surface area contributed by atoms with Gasteiger partial charge in [0.15, 0.2) is 5.96 Å². The molecule has 0 radical (unpaired) electrons. The Kier molecular flexibility index (Phi) is 10.6. The fourth-order valence-corrected chi connectivity index (χ4v) is 3.28. The van der Waals surface area contributed by atoms with E-state index >= 15 is 0 Å². The molecule has 6 heteroatoms. The molecule has 0 aliphatic heterocycles. The third-order valence-corrected chi connectivity index (χ3v) is 4.50. The SMILES string of the molecule is CCCC(O)(CCC)CNC(=NCc1nccc2ccccc12)NCC.I. The molecular formula is C21H33IN4O. The Morgan fingerprint density at radius 2 is 1.78 bits per heavy atom. The molecule has 1 aromatic carbocycles. The van der Waals surface area contributed by atoms with E-state index < -0.39 is 5.60 Å². The number of aliphatic imine (C=N–C) groups is 1. The standard InChI is InChI=1S/C21H32N4O.HI/c1-4-12-21(26,13-5-2)16-25-20(22-6-3)24-15-19-18-10-8-7-9-17(18)11-14-23-19;/h7-11,14,26H,4-6,12-13,15-16H2,1-3H3,(H2,22,24,25);1H. The fraction of sp³-hybridized carbons (Fsp3) is 0.524. The average Bonchev–Trinajstić information content (AvgIpc) is 2.64. The predicted octanol–water partition coefficient (Wildman–Crippen LogP) is 4.24. The molecule has 0 aliphatic rings. The van der Waals surface area contributed by atoms with Crippen LogP contribution in [-0.2, 0) is 6.54 Å². The molecule has 0 fully saturated rings. The summed E-state index contributed by atoms with van der Waals surface area (Å²) in [6, 6.07) is 10.2.